The van der Waals surface area contributed by atoms with E-state index in [4.69, 9.17) is 0 Å². The lowest BCUT2D eigenvalue weighted by atomic mass is 9.97. The molecule has 0 saturated heterocycles. The lowest BCUT2D eigenvalue weighted by Crippen LogP contribution is -1.90. The van der Waals surface area contributed by atoms with E-state index in [0.29, 0.717) is 0 Å². The number of aryl methyl sites for hydroxylation is 1. The number of rotatable bonds is 0. The second-order valence-corrected chi connectivity index (χ2v) is 3.92. The maximum Gasteiger partial charge on any atom is 0.0164 e. The van der Waals surface area contributed by atoms with Gasteiger partial charge in [0.15, 0.2) is 0 Å². The molecule has 13 heavy (non-hydrogen) atoms. The van der Waals surface area contributed by atoms with E-state index in [-0.39, 0.29) is 0 Å². The monoisotopic (exact) mass is 171 g/mol. The van der Waals surface area contributed by atoms with Gasteiger partial charge in [-0.05, 0) is 55.5 Å². The van der Waals surface area contributed by atoms with Crippen molar-refractivity contribution in [3.63, 3.8) is 0 Å². The lowest BCUT2D eigenvalue weighted by molar-refractivity contribution is 1.30. The molecule has 67 valence electrons. The van der Waals surface area contributed by atoms with E-state index in [2.05, 4.69) is 46.2 Å². The average molecular weight is 171 g/mol. The zero-order chi connectivity index (χ0) is 9.59. The summed E-state index contributed by atoms with van der Waals surface area (Å²) < 4.78 is 0. The Hall–Kier alpha value is -1.04. The van der Waals surface area contributed by atoms with Crippen molar-refractivity contribution >= 4 is 5.57 Å². The quantitative estimate of drug-likeness (QED) is 0.558. The van der Waals surface area contributed by atoms with Gasteiger partial charge in [-0.15, -0.1) is 0 Å². The van der Waals surface area contributed by atoms with E-state index in [1.165, 1.54) is 33.4 Å². The number of hydrogen-bond donors (Lipinski definition) is 0. The average Bonchev–Trinajstić information content (AvgIpc) is 2.37. The SMILES string of the molecule is CC1=C(C)c2c(ccc(C)c2C)[CH]1. The molecule has 0 fully saturated rings. The highest BCUT2D eigenvalue weighted by atomic mass is 14.2. The smallest absolute Gasteiger partial charge is 0.0164 e. The van der Waals surface area contributed by atoms with Crippen LogP contribution in [0.4, 0.5) is 0 Å². The summed E-state index contributed by atoms with van der Waals surface area (Å²) in [6.45, 7) is 8.79. The Kier molecular flexibility index (Phi) is 1.80. The molecule has 0 aromatic heterocycles. The van der Waals surface area contributed by atoms with Crippen LogP contribution in [0.5, 0.6) is 0 Å². The Bertz CT molecular complexity index is 395. The molecule has 0 heterocycles. The minimum atomic E-state index is 1.39. The van der Waals surface area contributed by atoms with Gasteiger partial charge in [0.1, 0.15) is 0 Å². The molecule has 0 nitrogen and oxygen atoms in total. The van der Waals surface area contributed by atoms with E-state index in [0.717, 1.165) is 0 Å². The fourth-order valence-electron chi connectivity index (χ4n) is 1.99. The molecule has 0 N–H and O–H groups in total. The Morgan fingerprint density at radius 2 is 1.62 bits per heavy atom. The molecule has 2 rings (SSSR count). The van der Waals surface area contributed by atoms with Crippen molar-refractivity contribution in [3.05, 3.63) is 46.4 Å². The summed E-state index contributed by atoms with van der Waals surface area (Å²) in [5.41, 5.74) is 8.51. The van der Waals surface area contributed by atoms with Crippen LogP contribution in [-0.4, -0.2) is 0 Å². The van der Waals surface area contributed by atoms with Gasteiger partial charge in [-0.2, -0.15) is 0 Å². The highest BCUT2D eigenvalue weighted by Crippen LogP contribution is 2.36. The molecule has 0 spiro atoms. The molecule has 1 aromatic carbocycles. The highest BCUT2D eigenvalue weighted by molar-refractivity contribution is 5.81. The molecule has 0 amide bonds. The Morgan fingerprint density at radius 3 is 2.31 bits per heavy atom. The van der Waals surface area contributed by atoms with Crippen molar-refractivity contribution in [2.45, 2.75) is 27.7 Å². The van der Waals surface area contributed by atoms with Crippen LogP contribution in [0.15, 0.2) is 17.7 Å². The molecular formula is C13H15. The second-order valence-electron chi connectivity index (χ2n) is 3.92. The van der Waals surface area contributed by atoms with Crippen LogP contribution < -0.4 is 0 Å². The van der Waals surface area contributed by atoms with Gasteiger partial charge in [-0.25, -0.2) is 0 Å². The van der Waals surface area contributed by atoms with Crippen molar-refractivity contribution in [2.24, 2.45) is 0 Å². The van der Waals surface area contributed by atoms with Gasteiger partial charge in [0.25, 0.3) is 0 Å². The van der Waals surface area contributed by atoms with E-state index in [1.807, 2.05) is 0 Å². The fraction of sp³-hybridized carbons (Fsp3) is 0.308. The van der Waals surface area contributed by atoms with Crippen LogP contribution >= 0.6 is 0 Å². The van der Waals surface area contributed by atoms with Crippen LogP contribution in [0.25, 0.3) is 5.57 Å². The summed E-state index contributed by atoms with van der Waals surface area (Å²) in [6.07, 6.45) is 2.27. The van der Waals surface area contributed by atoms with Crippen LogP contribution in [-0.2, 0) is 0 Å². The molecule has 1 aromatic rings. The third-order valence-corrected chi connectivity index (χ3v) is 3.11. The van der Waals surface area contributed by atoms with Gasteiger partial charge in [-0.3, -0.25) is 0 Å². The predicted molar refractivity (Wildman–Crippen MR) is 57.6 cm³/mol. The summed E-state index contributed by atoms with van der Waals surface area (Å²) in [6, 6.07) is 4.42. The Balaban J connectivity index is 2.71. The van der Waals surface area contributed by atoms with Gasteiger partial charge in [0, 0.05) is 6.42 Å². The van der Waals surface area contributed by atoms with E-state index in [9.17, 15) is 0 Å². The third-order valence-electron chi connectivity index (χ3n) is 3.11. The third kappa shape index (κ3) is 1.13. The molecular weight excluding hydrogens is 156 g/mol. The molecule has 1 aliphatic rings. The van der Waals surface area contributed by atoms with Gasteiger partial charge < -0.3 is 0 Å². The van der Waals surface area contributed by atoms with Crippen LogP contribution in [0.1, 0.15) is 36.1 Å². The van der Waals surface area contributed by atoms with Crippen molar-refractivity contribution in [1.29, 1.82) is 0 Å². The lowest BCUT2D eigenvalue weighted by Gasteiger charge is -2.08. The van der Waals surface area contributed by atoms with Crippen molar-refractivity contribution in [3.8, 4) is 0 Å². The minimum Gasteiger partial charge on any atom is -0.0613 e. The standard InChI is InChI=1S/C13H15/c1-8-5-6-12-7-9(2)11(4)13(12)10(8)3/h5-7H,1-4H3. The van der Waals surface area contributed by atoms with E-state index in [1.54, 1.807) is 0 Å². The van der Waals surface area contributed by atoms with Crippen LogP contribution in [0, 0.1) is 20.3 Å². The maximum atomic E-state index is 2.27. The van der Waals surface area contributed by atoms with E-state index >= 15 is 0 Å². The first-order valence-corrected chi connectivity index (χ1v) is 4.74. The van der Waals surface area contributed by atoms with Crippen molar-refractivity contribution in [2.75, 3.05) is 0 Å². The van der Waals surface area contributed by atoms with Gasteiger partial charge in [0.05, 0.1) is 0 Å². The predicted octanol–water partition coefficient (Wildman–Crippen LogP) is 3.66. The second kappa shape index (κ2) is 2.73. The molecule has 1 aliphatic carbocycles. The molecule has 0 unspecified atom stereocenters. The molecule has 0 bridgehead atoms. The fourth-order valence-corrected chi connectivity index (χ4v) is 1.99. The van der Waals surface area contributed by atoms with Crippen molar-refractivity contribution < 1.29 is 0 Å². The first kappa shape index (κ1) is 8.55. The first-order chi connectivity index (χ1) is 6.11. The molecule has 0 heteroatoms. The number of fused-ring (bicyclic) bond motifs is 1. The zero-order valence-corrected chi connectivity index (χ0v) is 8.73. The number of benzene rings is 1. The van der Waals surface area contributed by atoms with Gasteiger partial charge >= 0.3 is 0 Å². The highest BCUT2D eigenvalue weighted by Gasteiger charge is 2.18. The summed E-state index contributed by atoms with van der Waals surface area (Å²) in [7, 11) is 0. The van der Waals surface area contributed by atoms with Crippen molar-refractivity contribution in [1.82, 2.24) is 0 Å². The Labute approximate surface area is 80.3 Å². The number of hydrogen-bond acceptors (Lipinski definition) is 0. The van der Waals surface area contributed by atoms with Crippen LogP contribution in [0.2, 0.25) is 0 Å². The van der Waals surface area contributed by atoms with Gasteiger partial charge in [-0.1, -0.05) is 17.7 Å². The number of allylic oxidation sites excluding steroid dienone is 2. The molecule has 0 atom stereocenters. The summed E-state index contributed by atoms with van der Waals surface area (Å²) >= 11 is 0. The first-order valence-electron chi connectivity index (χ1n) is 4.74. The van der Waals surface area contributed by atoms with Gasteiger partial charge in [0.2, 0.25) is 0 Å². The zero-order valence-electron chi connectivity index (χ0n) is 8.73. The topological polar surface area (TPSA) is 0 Å². The largest absolute Gasteiger partial charge is 0.0613 e. The normalized spacial score (nSPS) is 15.1. The van der Waals surface area contributed by atoms with Crippen LogP contribution in [0.3, 0.4) is 0 Å². The molecule has 1 radical (unpaired) electrons. The minimum absolute atomic E-state index is 1.39. The molecule has 0 aliphatic heterocycles. The summed E-state index contributed by atoms with van der Waals surface area (Å²) in [4.78, 5) is 0. The summed E-state index contributed by atoms with van der Waals surface area (Å²) in [5, 5.41) is 0. The molecule has 0 saturated carbocycles. The Morgan fingerprint density at radius 1 is 0.923 bits per heavy atom. The summed E-state index contributed by atoms with van der Waals surface area (Å²) in [5.74, 6) is 0. The maximum absolute atomic E-state index is 2.27. The van der Waals surface area contributed by atoms with E-state index < -0.39 is 0 Å².